The molecule has 4 aromatic heterocycles. The van der Waals surface area contributed by atoms with Crippen LogP contribution in [0.5, 0.6) is 5.75 Å². The van der Waals surface area contributed by atoms with Gasteiger partial charge in [0.15, 0.2) is 20.7 Å². The van der Waals surface area contributed by atoms with Gasteiger partial charge < -0.3 is 24.5 Å². The van der Waals surface area contributed by atoms with E-state index in [0.717, 1.165) is 59.3 Å². The van der Waals surface area contributed by atoms with Gasteiger partial charge in [-0.15, -0.1) is 0 Å². The van der Waals surface area contributed by atoms with Gasteiger partial charge >= 0.3 is 0 Å². The lowest BCUT2D eigenvalue weighted by Crippen LogP contribution is -2.41. The highest BCUT2D eigenvalue weighted by atomic mass is 32.2. The number of nitrogens with two attached hydrogens (primary N) is 1. The molecule has 45 heavy (non-hydrogen) atoms. The smallest absolute Gasteiger partial charge is 0.254 e. The first-order valence-electron chi connectivity index (χ1n) is 15.4. The zero-order valence-corrected chi connectivity index (χ0v) is 26.3. The second kappa shape index (κ2) is 10.1. The number of ether oxygens (including phenoxy) is 1. The third-order valence-electron chi connectivity index (χ3n) is 9.84. The van der Waals surface area contributed by atoms with Crippen LogP contribution >= 0.6 is 0 Å². The monoisotopic (exact) mass is 625 g/mol. The number of carbonyl (C=O) groups is 1. The van der Waals surface area contributed by atoms with Crippen LogP contribution in [0.25, 0.3) is 44.8 Å². The fourth-order valence-corrected chi connectivity index (χ4v) is 7.79. The second-order valence-electron chi connectivity index (χ2n) is 12.8. The number of hydrogen-bond acceptors (Lipinski definition) is 8. The van der Waals surface area contributed by atoms with Gasteiger partial charge in [-0.1, -0.05) is 0 Å². The topological polar surface area (TPSA) is 138 Å². The van der Waals surface area contributed by atoms with Gasteiger partial charge in [0, 0.05) is 61.2 Å². The van der Waals surface area contributed by atoms with Crippen LogP contribution in [0.15, 0.2) is 53.7 Å². The molecule has 5 aromatic rings. The second-order valence-corrected chi connectivity index (χ2v) is 14.8. The summed E-state index contributed by atoms with van der Waals surface area (Å²) in [5.74, 6) is 2.27. The van der Waals surface area contributed by atoms with Gasteiger partial charge in [0.2, 0.25) is 0 Å². The number of carbonyl (C=O) groups excluding carboxylic acids is 1. The van der Waals surface area contributed by atoms with Crippen molar-refractivity contribution in [1.29, 1.82) is 0 Å². The SMILES string of the molecule is COc1cc(C(=O)N2CC3CCC2[C@@H]3N)cc2nc(-c3cc4ccc(-c5ccc(S(C)(=O)=O)nc5)nc4n3CC3CC3)n(C)c12. The Balaban J connectivity index is 1.22. The number of pyridine rings is 2. The van der Waals surface area contributed by atoms with Crippen molar-refractivity contribution in [2.24, 2.45) is 24.6 Å². The van der Waals surface area contributed by atoms with Crippen molar-refractivity contribution < 1.29 is 17.9 Å². The van der Waals surface area contributed by atoms with Crippen LogP contribution in [-0.4, -0.2) is 75.3 Å². The predicted molar refractivity (Wildman–Crippen MR) is 171 cm³/mol. The van der Waals surface area contributed by atoms with Crippen LogP contribution in [0.4, 0.5) is 0 Å². The molecule has 0 radical (unpaired) electrons. The van der Waals surface area contributed by atoms with Gasteiger partial charge in [0.05, 0.1) is 24.0 Å². The number of aromatic nitrogens is 5. The molecule has 1 aliphatic heterocycles. The van der Waals surface area contributed by atoms with E-state index in [1.165, 1.54) is 18.9 Å². The molecule has 1 aromatic carbocycles. The quantitative estimate of drug-likeness (QED) is 0.286. The number of nitrogens with zero attached hydrogens (tertiary/aromatic N) is 6. The van der Waals surface area contributed by atoms with Gasteiger partial charge in [0.25, 0.3) is 5.91 Å². The molecule has 2 unspecified atom stereocenters. The molecule has 8 rings (SSSR count). The number of likely N-dealkylation sites (tertiary alicyclic amines) is 1. The number of aryl methyl sites for hydroxylation is 1. The number of piperidine rings is 1. The largest absolute Gasteiger partial charge is 0.494 e. The van der Waals surface area contributed by atoms with E-state index in [-0.39, 0.29) is 23.0 Å². The first kappa shape index (κ1) is 28.2. The number of benzene rings is 1. The number of imidazole rings is 1. The molecule has 232 valence electrons. The summed E-state index contributed by atoms with van der Waals surface area (Å²) in [6, 6.07) is 13.2. The van der Waals surface area contributed by atoms with E-state index in [4.69, 9.17) is 20.4 Å². The molecule has 0 spiro atoms. The zero-order valence-electron chi connectivity index (χ0n) is 25.5. The summed E-state index contributed by atoms with van der Waals surface area (Å²) < 4.78 is 33.9. The fourth-order valence-electron chi connectivity index (χ4n) is 7.23. The van der Waals surface area contributed by atoms with Gasteiger partial charge in [-0.05, 0) is 80.0 Å². The summed E-state index contributed by atoms with van der Waals surface area (Å²) in [4.78, 5) is 29.9. The standard InChI is InChI=1S/C33H35N7O4S/c1-38-30-24(12-22(14-27(30)44-2)33(41)40-17-21-7-10-25(40)29(21)34)37-32(38)26-13-19-6-9-23(36-31(19)39(26)16-18-4-5-18)20-8-11-28(35-15-20)45(3,42)43/h6,8-9,11-15,18,21,25,29H,4-5,7,10,16-17,34H2,1-3H3/t21?,25?,29-/m1/s1. The summed E-state index contributed by atoms with van der Waals surface area (Å²) in [6.07, 6.45) is 7.07. The molecule has 3 aliphatic rings. The Hall–Kier alpha value is -4.29. The highest BCUT2D eigenvalue weighted by Crippen LogP contribution is 2.40. The molecule has 3 fully saturated rings. The molecule has 5 heterocycles. The maximum absolute atomic E-state index is 13.7. The van der Waals surface area contributed by atoms with Crippen molar-refractivity contribution in [1.82, 2.24) is 29.0 Å². The van der Waals surface area contributed by atoms with Crippen LogP contribution in [0, 0.1) is 11.8 Å². The molecule has 1 amide bonds. The first-order valence-corrected chi connectivity index (χ1v) is 17.3. The van der Waals surface area contributed by atoms with Crippen molar-refractivity contribution in [3.05, 3.63) is 54.2 Å². The summed E-state index contributed by atoms with van der Waals surface area (Å²) in [5, 5.41) is 1.01. The average molecular weight is 626 g/mol. The average Bonchev–Trinajstić information content (AvgIpc) is 3.44. The first-order chi connectivity index (χ1) is 21.6. The highest BCUT2D eigenvalue weighted by Gasteiger charge is 2.47. The Kier molecular flexibility index (Phi) is 6.34. The van der Waals surface area contributed by atoms with E-state index in [1.807, 2.05) is 40.8 Å². The minimum atomic E-state index is -3.39. The maximum Gasteiger partial charge on any atom is 0.254 e. The van der Waals surface area contributed by atoms with Gasteiger partial charge in [0.1, 0.15) is 16.9 Å². The molecule has 2 N–H and O–H groups in total. The Morgan fingerprint density at radius 1 is 1.07 bits per heavy atom. The summed E-state index contributed by atoms with van der Waals surface area (Å²) >= 11 is 0. The van der Waals surface area contributed by atoms with Crippen molar-refractivity contribution >= 4 is 37.8 Å². The van der Waals surface area contributed by atoms with Crippen molar-refractivity contribution in [2.75, 3.05) is 19.9 Å². The predicted octanol–water partition coefficient (Wildman–Crippen LogP) is 4.04. The summed E-state index contributed by atoms with van der Waals surface area (Å²) in [7, 11) is 0.200. The minimum Gasteiger partial charge on any atom is -0.494 e. The van der Waals surface area contributed by atoms with E-state index in [2.05, 4.69) is 15.6 Å². The Bertz CT molecular complexity index is 2110. The molecular weight excluding hydrogens is 590 g/mol. The van der Waals surface area contributed by atoms with Crippen LogP contribution < -0.4 is 10.5 Å². The minimum absolute atomic E-state index is 0.0244. The van der Waals surface area contributed by atoms with Crippen LogP contribution in [-0.2, 0) is 23.4 Å². The van der Waals surface area contributed by atoms with E-state index < -0.39 is 9.84 Å². The number of methoxy groups -OCH3 is 1. The van der Waals surface area contributed by atoms with Gasteiger partial charge in [-0.25, -0.2) is 23.4 Å². The Morgan fingerprint density at radius 2 is 1.89 bits per heavy atom. The number of sulfone groups is 1. The number of hydrogen-bond donors (Lipinski definition) is 1. The third kappa shape index (κ3) is 4.61. The molecule has 2 bridgehead atoms. The molecule has 11 nitrogen and oxygen atoms in total. The molecule has 2 aliphatic carbocycles. The highest BCUT2D eigenvalue weighted by molar-refractivity contribution is 7.90. The fraction of sp³-hybridized carbons (Fsp3) is 0.394. The number of amides is 1. The third-order valence-corrected chi connectivity index (χ3v) is 10.8. The zero-order chi connectivity index (χ0) is 31.2. The van der Waals surface area contributed by atoms with E-state index in [1.54, 1.807) is 19.4 Å². The van der Waals surface area contributed by atoms with Crippen molar-refractivity contribution in [2.45, 2.75) is 49.3 Å². The lowest BCUT2D eigenvalue weighted by Gasteiger charge is -2.27. The Labute approximate surface area is 260 Å². The number of rotatable bonds is 7. The molecule has 2 saturated carbocycles. The van der Waals surface area contributed by atoms with Gasteiger partial charge in [-0.3, -0.25) is 4.79 Å². The van der Waals surface area contributed by atoms with Crippen molar-refractivity contribution in [3.8, 4) is 28.5 Å². The van der Waals surface area contributed by atoms with E-state index in [0.29, 0.717) is 40.9 Å². The maximum atomic E-state index is 13.7. The molecule has 3 atom stereocenters. The lowest BCUT2D eigenvalue weighted by molar-refractivity contribution is 0.0700. The lowest BCUT2D eigenvalue weighted by atomic mass is 10.1. The van der Waals surface area contributed by atoms with Crippen molar-refractivity contribution in [3.63, 3.8) is 0 Å². The Morgan fingerprint density at radius 3 is 2.53 bits per heavy atom. The number of fused-ring (bicyclic) bond motifs is 4. The van der Waals surface area contributed by atoms with E-state index in [9.17, 15) is 13.2 Å². The van der Waals surface area contributed by atoms with Crippen LogP contribution in [0.1, 0.15) is 36.0 Å². The summed E-state index contributed by atoms with van der Waals surface area (Å²) in [6.45, 7) is 1.51. The normalized spacial score (nSPS) is 21.3. The summed E-state index contributed by atoms with van der Waals surface area (Å²) in [5.41, 5.74) is 11.7. The van der Waals surface area contributed by atoms with Crippen LogP contribution in [0.3, 0.4) is 0 Å². The van der Waals surface area contributed by atoms with Crippen LogP contribution in [0.2, 0.25) is 0 Å². The molecule has 12 heteroatoms. The molecular formula is C33H35N7O4S. The van der Waals surface area contributed by atoms with Gasteiger partial charge in [-0.2, -0.15) is 0 Å². The van der Waals surface area contributed by atoms with E-state index >= 15 is 0 Å². The molecule has 1 saturated heterocycles.